The van der Waals surface area contributed by atoms with E-state index >= 15 is 0 Å². The molecule has 96 valence electrons. The summed E-state index contributed by atoms with van der Waals surface area (Å²) >= 11 is 0. The number of nitrogens with one attached hydrogen (secondary N) is 2. The van der Waals surface area contributed by atoms with Crippen LogP contribution in [0.1, 0.15) is 0 Å². The Hall–Kier alpha value is -2.77. The quantitative estimate of drug-likeness (QED) is 0.656. The summed E-state index contributed by atoms with van der Waals surface area (Å²) in [7, 11) is 0. The maximum atomic E-state index is 13.1. The van der Waals surface area contributed by atoms with Gasteiger partial charge in [-0.1, -0.05) is 0 Å². The summed E-state index contributed by atoms with van der Waals surface area (Å²) in [6.07, 6.45) is 1.34. The third kappa shape index (κ3) is 2.03. The van der Waals surface area contributed by atoms with Gasteiger partial charge in [0.1, 0.15) is 17.8 Å². The van der Waals surface area contributed by atoms with Gasteiger partial charge in [0.25, 0.3) is 0 Å². The summed E-state index contributed by atoms with van der Waals surface area (Å²) in [6, 6.07) is 3.41. The maximum Gasteiger partial charge on any atom is 0.208 e. The normalized spacial score (nSPS) is 10.8. The number of aromatic nitrogens is 4. The second-order valence-electron chi connectivity index (χ2n) is 3.80. The lowest BCUT2D eigenvalue weighted by Gasteiger charge is -2.08. The molecule has 2 aliphatic rings. The van der Waals surface area contributed by atoms with E-state index in [-0.39, 0.29) is 11.8 Å². The topological polar surface area (TPSA) is 92.5 Å². The third-order valence-corrected chi connectivity index (χ3v) is 2.49. The number of benzene rings is 1. The molecule has 8 heteroatoms. The van der Waals surface area contributed by atoms with Crippen molar-refractivity contribution in [3.05, 3.63) is 36.2 Å². The molecule has 2 aliphatic heterocycles. The highest BCUT2D eigenvalue weighted by molar-refractivity contribution is 5.68. The Kier molecular flexibility index (Phi) is 2.48. The molecule has 0 aliphatic carbocycles. The number of rotatable bonds is 2. The number of H-pyrrole nitrogens is 1. The summed E-state index contributed by atoms with van der Waals surface area (Å²) in [6.45, 7) is 0. The number of aromatic amines is 1. The number of fused-ring (bicyclic) bond motifs is 1. The Labute approximate surface area is 106 Å². The standard InChI is InChI=1S/C11H8F2N6/c12-6-2-1-5(3-7(6)13)17-11-18-9(14)8-10(19-11)16-4-15-8/h1-4H,(H4,14,15,16,17,18,19). The minimum Gasteiger partial charge on any atom is -0.383 e. The van der Waals surface area contributed by atoms with Crippen LogP contribution in [0.2, 0.25) is 0 Å². The molecule has 0 atom stereocenters. The average Bonchev–Trinajstić information content (AvgIpc) is 2.82. The van der Waals surface area contributed by atoms with Crippen molar-refractivity contribution in [1.82, 2.24) is 19.9 Å². The van der Waals surface area contributed by atoms with E-state index in [9.17, 15) is 8.78 Å². The van der Waals surface area contributed by atoms with Crippen molar-refractivity contribution in [3.8, 4) is 11.5 Å². The van der Waals surface area contributed by atoms with Crippen LogP contribution in [0.5, 0.6) is 0 Å². The highest BCUT2D eigenvalue weighted by Gasteiger charge is 2.13. The Morgan fingerprint density at radius 2 is 2.00 bits per heavy atom. The minimum atomic E-state index is -0.952. The smallest absolute Gasteiger partial charge is 0.208 e. The van der Waals surface area contributed by atoms with E-state index < -0.39 is 11.6 Å². The van der Waals surface area contributed by atoms with Gasteiger partial charge in [-0.2, -0.15) is 4.98 Å². The van der Waals surface area contributed by atoms with E-state index in [0.29, 0.717) is 17.2 Å². The predicted molar refractivity (Wildman–Crippen MR) is 64.9 cm³/mol. The lowest BCUT2D eigenvalue weighted by atomic mass is 10.3. The zero-order valence-corrected chi connectivity index (χ0v) is 9.48. The Bertz CT molecular complexity index is 710. The summed E-state index contributed by atoms with van der Waals surface area (Å²) in [5.74, 6) is -0.961. The van der Waals surface area contributed by atoms with E-state index in [4.69, 9.17) is 5.73 Å². The Balaban J connectivity index is 1.97. The fourth-order valence-electron chi connectivity index (χ4n) is 1.62. The summed E-state index contributed by atoms with van der Waals surface area (Å²) in [5, 5.41) is 2.77. The molecule has 4 N–H and O–H groups in total. The first-order valence-electron chi connectivity index (χ1n) is 5.32. The fraction of sp³-hybridized carbons (Fsp3) is 0. The van der Waals surface area contributed by atoms with Gasteiger partial charge in [-0.15, -0.1) is 0 Å². The molecule has 0 radical (unpaired) electrons. The van der Waals surface area contributed by atoms with Crippen LogP contribution in [0.15, 0.2) is 24.5 Å². The molecule has 0 bridgehead atoms. The molecule has 0 unspecified atom stereocenters. The molecule has 0 amide bonds. The van der Waals surface area contributed by atoms with E-state index in [0.717, 1.165) is 12.1 Å². The number of hydrogen-bond acceptors (Lipinski definition) is 5. The van der Waals surface area contributed by atoms with Crippen LogP contribution < -0.4 is 11.1 Å². The molecule has 6 nitrogen and oxygen atoms in total. The van der Waals surface area contributed by atoms with Gasteiger partial charge in [-0.3, -0.25) is 0 Å². The van der Waals surface area contributed by atoms with Crippen LogP contribution in [0.4, 0.5) is 26.2 Å². The van der Waals surface area contributed by atoms with Gasteiger partial charge in [0.05, 0.1) is 0 Å². The van der Waals surface area contributed by atoms with Gasteiger partial charge in [-0.25, -0.2) is 18.7 Å². The predicted octanol–water partition coefficient (Wildman–Crippen LogP) is 1.91. The second kappa shape index (κ2) is 4.16. The molecule has 0 aromatic heterocycles. The van der Waals surface area contributed by atoms with Gasteiger partial charge in [0, 0.05) is 11.8 Å². The molecular formula is C11H8F2N6. The van der Waals surface area contributed by atoms with Crippen molar-refractivity contribution in [3.63, 3.8) is 0 Å². The lowest BCUT2D eigenvalue weighted by Crippen LogP contribution is -2.04. The first-order valence-corrected chi connectivity index (χ1v) is 5.32. The molecular weight excluding hydrogens is 254 g/mol. The second-order valence-corrected chi connectivity index (χ2v) is 3.80. The number of anilines is 3. The van der Waals surface area contributed by atoms with Crippen LogP contribution in [0.3, 0.4) is 0 Å². The van der Waals surface area contributed by atoms with Gasteiger partial charge in [0.2, 0.25) is 5.95 Å². The van der Waals surface area contributed by atoms with Gasteiger partial charge >= 0.3 is 0 Å². The number of hydrogen-bond donors (Lipinski definition) is 3. The molecule has 0 saturated carbocycles. The molecule has 3 rings (SSSR count). The van der Waals surface area contributed by atoms with Crippen molar-refractivity contribution >= 4 is 17.5 Å². The first-order chi connectivity index (χ1) is 9.13. The first kappa shape index (κ1) is 11.3. The van der Waals surface area contributed by atoms with E-state index in [1.165, 1.54) is 12.4 Å². The van der Waals surface area contributed by atoms with Crippen molar-refractivity contribution < 1.29 is 8.78 Å². The van der Waals surface area contributed by atoms with Crippen LogP contribution in [-0.4, -0.2) is 19.9 Å². The Morgan fingerprint density at radius 1 is 1.16 bits per heavy atom. The van der Waals surface area contributed by atoms with Crippen molar-refractivity contribution in [1.29, 1.82) is 0 Å². The number of halogens is 2. The lowest BCUT2D eigenvalue weighted by molar-refractivity contribution is 0.509. The zero-order valence-electron chi connectivity index (χ0n) is 9.48. The molecule has 0 saturated heterocycles. The summed E-state index contributed by atoms with van der Waals surface area (Å²) < 4.78 is 25.9. The highest BCUT2D eigenvalue weighted by atomic mass is 19.2. The number of nitrogens with two attached hydrogens (primary N) is 1. The van der Waals surface area contributed by atoms with Crippen molar-refractivity contribution in [2.24, 2.45) is 0 Å². The molecule has 19 heavy (non-hydrogen) atoms. The molecule has 1 aromatic rings. The molecule has 2 heterocycles. The van der Waals surface area contributed by atoms with Crippen LogP contribution in [0.25, 0.3) is 11.5 Å². The van der Waals surface area contributed by atoms with Crippen LogP contribution >= 0.6 is 0 Å². The zero-order chi connectivity index (χ0) is 13.4. The van der Waals surface area contributed by atoms with Gasteiger partial charge < -0.3 is 16.0 Å². The van der Waals surface area contributed by atoms with Gasteiger partial charge in [0.15, 0.2) is 17.5 Å². The number of nitrogen functional groups attached to an aromatic ring is 1. The number of imidazole rings is 1. The maximum absolute atomic E-state index is 13.1. The van der Waals surface area contributed by atoms with Gasteiger partial charge in [-0.05, 0) is 12.1 Å². The number of nitrogens with zero attached hydrogens (tertiary/aromatic N) is 3. The van der Waals surface area contributed by atoms with Crippen LogP contribution in [0, 0.1) is 11.6 Å². The van der Waals surface area contributed by atoms with E-state index in [2.05, 4.69) is 25.3 Å². The molecule has 1 aromatic carbocycles. The Morgan fingerprint density at radius 3 is 2.79 bits per heavy atom. The SMILES string of the molecule is Nc1[nH]c(Nc2ccc(F)c(F)c2)nc2ncnc1-2. The summed E-state index contributed by atoms with van der Waals surface area (Å²) in [5.41, 5.74) is 6.53. The highest BCUT2D eigenvalue weighted by Crippen LogP contribution is 2.23. The van der Waals surface area contributed by atoms with Crippen LogP contribution in [-0.2, 0) is 0 Å². The molecule has 0 fully saturated rings. The molecule has 0 spiro atoms. The van der Waals surface area contributed by atoms with E-state index in [1.54, 1.807) is 0 Å². The van der Waals surface area contributed by atoms with Crippen molar-refractivity contribution in [2.45, 2.75) is 0 Å². The van der Waals surface area contributed by atoms with Crippen molar-refractivity contribution in [2.75, 3.05) is 11.1 Å². The average molecular weight is 262 g/mol. The summed E-state index contributed by atoms with van der Waals surface area (Å²) in [4.78, 5) is 14.7. The fourth-order valence-corrected chi connectivity index (χ4v) is 1.62. The largest absolute Gasteiger partial charge is 0.383 e. The monoisotopic (exact) mass is 262 g/mol. The minimum absolute atomic E-state index is 0.261. The van der Waals surface area contributed by atoms with E-state index in [1.807, 2.05) is 0 Å². The third-order valence-electron chi connectivity index (χ3n) is 2.49.